The molecule has 1 heterocycles. The highest BCUT2D eigenvalue weighted by Crippen LogP contribution is 2.61. The summed E-state index contributed by atoms with van der Waals surface area (Å²) in [6.45, 7) is 2.18. The fourth-order valence-electron chi connectivity index (χ4n) is 3.19. The Balaban J connectivity index is 2.00. The summed E-state index contributed by atoms with van der Waals surface area (Å²) in [6, 6.07) is 5.71. The molecule has 1 aliphatic carbocycles. The van der Waals surface area contributed by atoms with Gasteiger partial charge in [-0.25, -0.2) is 0 Å². The van der Waals surface area contributed by atoms with E-state index in [9.17, 15) is 5.11 Å². The monoisotopic (exact) mass is 257 g/mol. The van der Waals surface area contributed by atoms with Crippen LogP contribution in [-0.4, -0.2) is 24.8 Å². The minimum absolute atomic E-state index is 0.0700. The molecule has 86 valence electrons. The predicted octanol–water partition coefficient (Wildman–Crippen LogP) is 2.07. The summed E-state index contributed by atoms with van der Waals surface area (Å²) in [4.78, 5) is 0. The predicted molar refractivity (Wildman–Crippen MR) is 65.1 cm³/mol. The van der Waals surface area contributed by atoms with Crippen LogP contribution in [0.2, 0.25) is 10.0 Å². The first kappa shape index (κ1) is 10.8. The van der Waals surface area contributed by atoms with E-state index in [1.165, 1.54) is 0 Å². The Bertz CT molecular complexity index is 425. The molecule has 1 aliphatic heterocycles. The lowest BCUT2D eigenvalue weighted by molar-refractivity contribution is 0.232. The highest BCUT2D eigenvalue weighted by molar-refractivity contribution is 6.42. The van der Waals surface area contributed by atoms with Crippen LogP contribution in [0.5, 0.6) is 0 Å². The van der Waals surface area contributed by atoms with Gasteiger partial charge < -0.3 is 10.4 Å². The summed E-state index contributed by atoms with van der Waals surface area (Å²) in [5.41, 5.74) is 1.06. The van der Waals surface area contributed by atoms with Crippen molar-refractivity contribution in [1.82, 2.24) is 5.32 Å². The summed E-state index contributed by atoms with van der Waals surface area (Å²) in [7, 11) is 0. The summed E-state index contributed by atoms with van der Waals surface area (Å²) in [5.74, 6) is 1.10. The molecule has 0 unspecified atom stereocenters. The Hall–Kier alpha value is -0.280. The van der Waals surface area contributed by atoms with E-state index in [1.54, 1.807) is 0 Å². The molecule has 0 aromatic heterocycles. The minimum atomic E-state index is -0.0700. The van der Waals surface area contributed by atoms with Gasteiger partial charge in [0.15, 0.2) is 0 Å². The number of hydrogen-bond acceptors (Lipinski definition) is 2. The molecule has 0 spiro atoms. The van der Waals surface area contributed by atoms with Crippen molar-refractivity contribution in [2.24, 2.45) is 11.8 Å². The molecule has 4 heteroatoms. The number of aliphatic hydroxyl groups excluding tert-OH is 1. The standard InChI is InChI=1S/C12H13Cl2NO/c13-10-2-1-7(3-11(10)14)12(6-16)8-4-15-5-9(8)12/h1-3,8-9,15-16H,4-6H2/t8-,9+,12-. The molecule has 1 aromatic carbocycles. The maximum absolute atomic E-state index is 9.67. The summed E-state index contributed by atoms with van der Waals surface area (Å²) in [6.07, 6.45) is 0. The lowest BCUT2D eigenvalue weighted by Gasteiger charge is -2.19. The molecule has 0 amide bonds. The minimum Gasteiger partial charge on any atom is -0.395 e. The molecule has 3 rings (SSSR count). The van der Waals surface area contributed by atoms with Gasteiger partial charge in [-0.2, -0.15) is 0 Å². The number of nitrogens with one attached hydrogen (secondary N) is 1. The number of halogens is 2. The molecule has 2 N–H and O–H groups in total. The molecule has 0 bridgehead atoms. The van der Waals surface area contributed by atoms with E-state index in [1.807, 2.05) is 18.2 Å². The zero-order valence-corrected chi connectivity index (χ0v) is 10.2. The van der Waals surface area contributed by atoms with Crippen LogP contribution in [-0.2, 0) is 5.41 Å². The first-order valence-corrected chi connectivity index (χ1v) is 6.23. The van der Waals surface area contributed by atoms with Crippen molar-refractivity contribution in [3.63, 3.8) is 0 Å². The topological polar surface area (TPSA) is 32.3 Å². The van der Waals surface area contributed by atoms with Crippen LogP contribution in [0.25, 0.3) is 0 Å². The molecule has 0 radical (unpaired) electrons. The summed E-state index contributed by atoms with van der Waals surface area (Å²) in [5, 5.41) is 14.2. The van der Waals surface area contributed by atoms with Crippen LogP contribution in [0.3, 0.4) is 0 Å². The Morgan fingerprint density at radius 2 is 1.94 bits per heavy atom. The molecule has 2 aliphatic rings. The van der Waals surface area contributed by atoms with Crippen molar-refractivity contribution in [2.45, 2.75) is 5.41 Å². The van der Waals surface area contributed by atoms with Crippen molar-refractivity contribution in [3.05, 3.63) is 33.8 Å². The Morgan fingerprint density at radius 3 is 2.50 bits per heavy atom. The Kier molecular flexibility index (Phi) is 2.44. The van der Waals surface area contributed by atoms with E-state index < -0.39 is 0 Å². The van der Waals surface area contributed by atoms with Crippen LogP contribution in [0, 0.1) is 11.8 Å². The lowest BCUT2D eigenvalue weighted by atomic mass is 9.91. The molecule has 1 saturated carbocycles. The Labute approximate surface area is 105 Å². The molecule has 2 nitrogen and oxygen atoms in total. The third-order valence-electron chi connectivity index (χ3n) is 4.15. The van der Waals surface area contributed by atoms with Gasteiger partial charge in [0, 0.05) is 5.41 Å². The summed E-state index contributed by atoms with van der Waals surface area (Å²) < 4.78 is 0. The van der Waals surface area contributed by atoms with Gasteiger partial charge in [0.05, 0.1) is 16.7 Å². The average molecular weight is 258 g/mol. The number of aliphatic hydroxyl groups is 1. The van der Waals surface area contributed by atoms with Crippen LogP contribution >= 0.6 is 23.2 Å². The fourth-order valence-corrected chi connectivity index (χ4v) is 3.49. The second-order valence-electron chi connectivity index (χ2n) is 4.70. The zero-order valence-electron chi connectivity index (χ0n) is 8.71. The second kappa shape index (κ2) is 3.61. The van der Waals surface area contributed by atoms with Crippen LogP contribution in [0.4, 0.5) is 0 Å². The molecule has 3 atom stereocenters. The summed E-state index contributed by atoms with van der Waals surface area (Å²) >= 11 is 11.9. The molecular formula is C12H13Cl2NO. The first-order valence-electron chi connectivity index (χ1n) is 5.47. The van der Waals surface area contributed by atoms with Gasteiger partial charge in [-0.1, -0.05) is 29.3 Å². The van der Waals surface area contributed by atoms with Crippen molar-refractivity contribution < 1.29 is 5.11 Å². The molecular weight excluding hydrogens is 245 g/mol. The van der Waals surface area contributed by atoms with Crippen LogP contribution < -0.4 is 5.32 Å². The highest BCUT2D eigenvalue weighted by Gasteiger charge is 2.66. The van der Waals surface area contributed by atoms with E-state index in [-0.39, 0.29) is 12.0 Å². The number of benzene rings is 1. The SMILES string of the molecule is OC[C@@]1(c2ccc(Cl)c(Cl)c2)[C@@H]2CNC[C@@H]21. The maximum atomic E-state index is 9.67. The van der Waals surface area contributed by atoms with E-state index >= 15 is 0 Å². The normalized spacial score (nSPS) is 36.2. The van der Waals surface area contributed by atoms with Gasteiger partial charge in [-0.05, 0) is 42.6 Å². The van der Waals surface area contributed by atoms with Crippen molar-refractivity contribution in [1.29, 1.82) is 0 Å². The van der Waals surface area contributed by atoms with Crippen molar-refractivity contribution in [2.75, 3.05) is 19.7 Å². The van der Waals surface area contributed by atoms with Crippen molar-refractivity contribution in [3.8, 4) is 0 Å². The molecule has 2 fully saturated rings. The second-order valence-corrected chi connectivity index (χ2v) is 5.51. The number of piperidine rings is 1. The zero-order chi connectivity index (χ0) is 11.3. The van der Waals surface area contributed by atoms with Crippen LogP contribution in [0.15, 0.2) is 18.2 Å². The molecule has 16 heavy (non-hydrogen) atoms. The quantitative estimate of drug-likeness (QED) is 0.851. The van der Waals surface area contributed by atoms with E-state index in [2.05, 4.69) is 5.32 Å². The van der Waals surface area contributed by atoms with Gasteiger partial charge >= 0.3 is 0 Å². The Morgan fingerprint density at radius 1 is 1.25 bits per heavy atom. The average Bonchev–Trinajstić information content (AvgIpc) is 2.68. The lowest BCUT2D eigenvalue weighted by Crippen LogP contribution is -2.28. The fraction of sp³-hybridized carbons (Fsp3) is 0.500. The van der Waals surface area contributed by atoms with Crippen LogP contribution in [0.1, 0.15) is 5.56 Å². The van der Waals surface area contributed by atoms with Gasteiger partial charge in [-0.15, -0.1) is 0 Å². The van der Waals surface area contributed by atoms with E-state index in [0.29, 0.717) is 21.9 Å². The number of fused-ring (bicyclic) bond motifs is 1. The van der Waals surface area contributed by atoms with E-state index in [0.717, 1.165) is 18.7 Å². The third kappa shape index (κ3) is 1.28. The third-order valence-corrected chi connectivity index (χ3v) is 4.89. The van der Waals surface area contributed by atoms with Crippen molar-refractivity contribution >= 4 is 23.2 Å². The molecule has 1 aromatic rings. The number of hydrogen-bond donors (Lipinski definition) is 2. The van der Waals surface area contributed by atoms with Gasteiger partial charge in [0.25, 0.3) is 0 Å². The first-order chi connectivity index (χ1) is 7.70. The van der Waals surface area contributed by atoms with Gasteiger partial charge in [0.1, 0.15) is 0 Å². The maximum Gasteiger partial charge on any atom is 0.0595 e. The highest BCUT2D eigenvalue weighted by atomic mass is 35.5. The van der Waals surface area contributed by atoms with Gasteiger partial charge in [0.2, 0.25) is 0 Å². The van der Waals surface area contributed by atoms with E-state index in [4.69, 9.17) is 23.2 Å². The molecule has 1 saturated heterocycles. The smallest absolute Gasteiger partial charge is 0.0595 e. The number of rotatable bonds is 2. The largest absolute Gasteiger partial charge is 0.395 e. The van der Waals surface area contributed by atoms with Gasteiger partial charge in [-0.3, -0.25) is 0 Å².